The lowest BCUT2D eigenvalue weighted by Gasteiger charge is -2.18. The Morgan fingerprint density at radius 2 is 0.750 bits per heavy atom. The quantitative estimate of drug-likeness (QED) is 0.0634. The molecule has 0 bridgehead atoms. The SMILES string of the molecule is CCCCCCCCCCCC(O)CCCCCCCC(=O)OC(CCCCCCCC)CCCCCCCC. The number of hydrogen-bond acceptors (Lipinski definition) is 3. The summed E-state index contributed by atoms with van der Waals surface area (Å²) in [6.07, 6.45) is 37.7. The molecule has 0 aliphatic rings. The van der Waals surface area contributed by atoms with Crippen LogP contribution in [0.2, 0.25) is 0 Å². The molecule has 40 heavy (non-hydrogen) atoms. The molecule has 1 N–H and O–H groups in total. The van der Waals surface area contributed by atoms with Crippen LogP contribution in [0.4, 0.5) is 0 Å². The molecule has 0 amide bonds. The van der Waals surface area contributed by atoms with Gasteiger partial charge in [-0.3, -0.25) is 4.79 Å². The molecule has 0 aliphatic heterocycles. The van der Waals surface area contributed by atoms with Crippen molar-refractivity contribution in [3.63, 3.8) is 0 Å². The summed E-state index contributed by atoms with van der Waals surface area (Å²) >= 11 is 0. The topological polar surface area (TPSA) is 46.5 Å². The van der Waals surface area contributed by atoms with Gasteiger partial charge in [0, 0.05) is 6.42 Å². The largest absolute Gasteiger partial charge is 0.462 e. The number of aliphatic hydroxyl groups is 1. The molecule has 0 rings (SSSR count). The maximum absolute atomic E-state index is 12.5. The highest BCUT2D eigenvalue weighted by Gasteiger charge is 2.14. The first-order valence-corrected chi connectivity index (χ1v) is 18.5. The van der Waals surface area contributed by atoms with E-state index in [9.17, 15) is 9.90 Å². The second-order valence-corrected chi connectivity index (χ2v) is 12.8. The minimum absolute atomic E-state index is 0.0262. The molecule has 3 heteroatoms. The highest BCUT2D eigenvalue weighted by atomic mass is 16.5. The Kier molecular flexibility index (Phi) is 32.5. The van der Waals surface area contributed by atoms with Gasteiger partial charge >= 0.3 is 5.97 Å². The maximum Gasteiger partial charge on any atom is 0.306 e. The van der Waals surface area contributed by atoms with Crippen LogP contribution in [0.5, 0.6) is 0 Å². The van der Waals surface area contributed by atoms with Crippen LogP contribution < -0.4 is 0 Å². The predicted octanol–water partition coefficient (Wildman–Crippen LogP) is 12.4. The van der Waals surface area contributed by atoms with Crippen molar-refractivity contribution in [1.29, 1.82) is 0 Å². The third kappa shape index (κ3) is 30.4. The van der Waals surface area contributed by atoms with Gasteiger partial charge in [0.2, 0.25) is 0 Å². The maximum atomic E-state index is 12.5. The molecule has 0 radical (unpaired) electrons. The van der Waals surface area contributed by atoms with Gasteiger partial charge in [0.15, 0.2) is 0 Å². The van der Waals surface area contributed by atoms with Gasteiger partial charge in [-0.2, -0.15) is 0 Å². The summed E-state index contributed by atoms with van der Waals surface area (Å²) in [6, 6.07) is 0. The van der Waals surface area contributed by atoms with Crippen LogP contribution in [0.3, 0.4) is 0 Å². The molecular weight excluding hydrogens is 492 g/mol. The lowest BCUT2D eigenvalue weighted by Crippen LogP contribution is -2.18. The van der Waals surface area contributed by atoms with Gasteiger partial charge < -0.3 is 9.84 Å². The van der Waals surface area contributed by atoms with Gasteiger partial charge in [-0.1, -0.05) is 168 Å². The highest BCUT2D eigenvalue weighted by molar-refractivity contribution is 5.69. The van der Waals surface area contributed by atoms with E-state index in [1.165, 1.54) is 141 Å². The van der Waals surface area contributed by atoms with Gasteiger partial charge in [-0.15, -0.1) is 0 Å². The first-order valence-electron chi connectivity index (χ1n) is 18.5. The molecular formula is C37H74O3. The molecule has 0 aromatic carbocycles. The van der Waals surface area contributed by atoms with E-state index in [0.29, 0.717) is 6.42 Å². The first kappa shape index (κ1) is 39.4. The van der Waals surface area contributed by atoms with Crippen LogP contribution in [0.1, 0.15) is 220 Å². The highest BCUT2D eigenvalue weighted by Crippen LogP contribution is 2.19. The lowest BCUT2D eigenvalue weighted by atomic mass is 10.0. The molecule has 0 fully saturated rings. The summed E-state index contributed by atoms with van der Waals surface area (Å²) in [7, 11) is 0. The zero-order valence-electron chi connectivity index (χ0n) is 27.8. The van der Waals surface area contributed by atoms with Crippen LogP contribution >= 0.6 is 0 Å². The summed E-state index contributed by atoms with van der Waals surface area (Å²) in [5, 5.41) is 10.3. The molecule has 0 aliphatic carbocycles. The van der Waals surface area contributed by atoms with Crippen LogP contribution in [-0.2, 0) is 9.53 Å². The Labute approximate surface area is 252 Å². The van der Waals surface area contributed by atoms with E-state index in [0.717, 1.165) is 51.4 Å². The average molecular weight is 567 g/mol. The minimum Gasteiger partial charge on any atom is -0.462 e. The van der Waals surface area contributed by atoms with E-state index in [-0.39, 0.29) is 18.2 Å². The molecule has 3 nitrogen and oxygen atoms in total. The fraction of sp³-hybridized carbons (Fsp3) is 0.973. The lowest BCUT2D eigenvalue weighted by molar-refractivity contribution is -0.150. The monoisotopic (exact) mass is 567 g/mol. The van der Waals surface area contributed by atoms with E-state index < -0.39 is 0 Å². The fourth-order valence-electron chi connectivity index (χ4n) is 5.83. The number of rotatable bonds is 33. The third-order valence-electron chi connectivity index (χ3n) is 8.62. The van der Waals surface area contributed by atoms with Crippen molar-refractivity contribution in [2.24, 2.45) is 0 Å². The molecule has 240 valence electrons. The Morgan fingerprint density at radius 1 is 0.450 bits per heavy atom. The summed E-state index contributed by atoms with van der Waals surface area (Å²) in [4.78, 5) is 12.5. The molecule has 0 aromatic heterocycles. The number of aliphatic hydroxyl groups excluding tert-OH is 1. The fourth-order valence-corrected chi connectivity index (χ4v) is 5.83. The second kappa shape index (κ2) is 32.9. The third-order valence-corrected chi connectivity index (χ3v) is 8.62. The number of carbonyl (C=O) groups is 1. The van der Waals surface area contributed by atoms with Gasteiger partial charge in [-0.05, 0) is 44.9 Å². The Bertz CT molecular complexity index is 476. The molecule has 0 saturated carbocycles. The summed E-state index contributed by atoms with van der Waals surface area (Å²) in [5.41, 5.74) is 0. The van der Waals surface area contributed by atoms with E-state index in [1.54, 1.807) is 0 Å². The van der Waals surface area contributed by atoms with Crippen LogP contribution in [0.15, 0.2) is 0 Å². The van der Waals surface area contributed by atoms with Crippen molar-refractivity contribution >= 4 is 5.97 Å². The smallest absolute Gasteiger partial charge is 0.306 e. The van der Waals surface area contributed by atoms with Crippen molar-refractivity contribution in [3.8, 4) is 0 Å². The van der Waals surface area contributed by atoms with E-state index in [4.69, 9.17) is 4.74 Å². The summed E-state index contributed by atoms with van der Waals surface area (Å²) < 4.78 is 5.98. The van der Waals surface area contributed by atoms with Crippen LogP contribution in [-0.4, -0.2) is 23.3 Å². The number of hydrogen-bond donors (Lipinski definition) is 1. The zero-order chi connectivity index (χ0) is 29.4. The Morgan fingerprint density at radius 3 is 1.12 bits per heavy atom. The van der Waals surface area contributed by atoms with Gasteiger partial charge in [-0.25, -0.2) is 0 Å². The van der Waals surface area contributed by atoms with E-state index in [2.05, 4.69) is 20.8 Å². The summed E-state index contributed by atoms with van der Waals surface area (Å²) in [5.74, 6) is 0.0262. The molecule has 1 atom stereocenters. The van der Waals surface area contributed by atoms with Crippen molar-refractivity contribution in [3.05, 3.63) is 0 Å². The van der Waals surface area contributed by atoms with Crippen molar-refractivity contribution in [1.82, 2.24) is 0 Å². The van der Waals surface area contributed by atoms with Gasteiger partial charge in [0.1, 0.15) is 6.10 Å². The number of unbranched alkanes of at least 4 members (excludes halogenated alkanes) is 22. The number of carbonyl (C=O) groups excluding carboxylic acids is 1. The number of ether oxygens (including phenoxy) is 1. The average Bonchev–Trinajstić information content (AvgIpc) is 2.95. The normalized spacial score (nSPS) is 12.3. The standard InChI is InChI=1S/C37H74O3/c1-4-7-10-13-16-17-18-20-25-30-35(38)31-26-21-19-24-29-34-37(39)40-36(32-27-22-14-11-8-5-2)33-28-23-15-12-9-6-3/h35-36,38H,4-34H2,1-3H3. The van der Waals surface area contributed by atoms with E-state index >= 15 is 0 Å². The van der Waals surface area contributed by atoms with Crippen molar-refractivity contribution in [2.45, 2.75) is 232 Å². The second-order valence-electron chi connectivity index (χ2n) is 12.8. The van der Waals surface area contributed by atoms with Crippen molar-refractivity contribution < 1.29 is 14.6 Å². The molecule has 0 aromatic rings. The Hall–Kier alpha value is -0.570. The minimum atomic E-state index is -0.116. The van der Waals surface area contributed by atoms with Crippen LogP contribution in [0, 0.1) is 0 Å². The number of esters is 1. The van der Waals surface area contributed by atoms with Crippen molar-refractivity contribution in [2.75, 3.05) is 0 Å². The predicted molar refractivity (Wildman–Crippen MR) is 176 cm³/mol. The molecule has 1 unspecified atom stereocenters. The van der Waals surface area contributed by atoms with Gasteiger partial charge in [0.25, 0.3) is 0 Å². The first-order chi connectivity index (χ1) is 19.6. The summed E-state index contributed by atoms with van der Waals surface area (Å²) in [6.45, 7) is 6.80. The molecule has 0 spiro atoms. The van der Waals surface area contributed by atoms with Gasteiger partial charge in [0.05, 0.1) is 6.10 Å². The molecule has 0 heterocycles. The van der Waals surface area contributed by atoms with Crippen LogP contribution in [0.25, 0.3) is 0 Å². The zero-order valence-corrected chi connectivity index (χ0v) is 27.8. The van der Waals surface area contributed by atoms with E-state index in [1.807, 2.05) is 0 Å². The molecule has 0 saturated heterocycles. The Balaban J connectivity index is 3.83.